The number of rotatable bonds is 6. The minimum atomic E-state index is 0.694. The number of nitrogens with one attached hydrogen (secondary N) is 1. The molecule has 3 heteroatoms. The summed E-state index contributed by atoms with van der Waals surface area (Å²) in [5.41, 5.74) is 2.77. The van der Waals surface area contributed by atoms with Crippen molar-refractivity contribution >= 4 is 21.6 Å². The molecular weight excluding hydrogens is 300 g/mol. The molecule has 0 aromatic heterocycles. The van der Waals surface area contributed by atoms with Crippen LogP contribution < -0.4 is 10.2 Å². The molecule has 0 saturated heterocycles. The second kappa shape index (κ2) is 6.76. The van der Waals surface area contributed by atoms with Gasteiger partial charge in [-0.2, -0.15) is 0 Å². The summed E-state index contributed by atoms with van der Waals surface area (Å²) in [5, 5.41) is 3.55. The molecule has 1 aromatic carbocycles. The van der Waals surface area contributed by atoms with Crippen LogP contribution in [-0.4, -0.2) is 19.6 Å². The van der Waals surface area contributed by atoms with E-state index >= 15 is 0 Å². The predicted octanol–water partition coefficient (Wildman–Crippen LogP) is 4.18. The summed E-state index contributed by atoms with van der Waals surface area (Å²) in [4.78, 5) is 2.46. The summed E-state index contributed by atoms with van der Waals surface area (Å²) in [7, 11) is 2.24. The molecule has 1 saturated carbocycles. The molecule has 0 atom stereocenters. The van der Waals surface area contributed by atoms with Gasteiger partial charge in [-0.05, 0) is 55.5 Å². The number of benzene rings is 1. The Morgan fingerprint density at radius 3 is 2.68 bits per heavy atom. The summed E-state index contributed by atoms with van der Waals surface area (Å²) in [6, 6.07) is 7.38. The highest BCUT2D eigenvalue weighted by Crippen LogP contribution is 2.31. The highest BCUT2D eigenvalue weighted by atomic mass is 79.9. The van der Waals surface area contributed by atoms with E-state index < -0.39 is 0 Å². The fourth-order valence-corrected chi connectivity index (χ4v) is 2.91. The smallest absolute Gasteiger partial charge is 0.0412 e. The molecule has 0 heterocycles. The van der Waals surface area contributed by atoms with E-state index in [-0.39, 0.29) is 0 Å². The third-order valence-corrected chi connectivity index (χ3v) is 4.41. The van der Waals surface area contributed by atoms with Crippen LogP contribution in [0.5, 0.6) is 0 Å². The molecule has 0 unspecified atom stereocenters. The monoisotopic (exact) mass is 324 g/mol. The van der Waals surface area contributed by atoms with Crippen molar-refractivity contribution < 1.29 is 0 Å². The molecule has 1 aliphatic rings. The van der Waals surface area contributed by atoms with Gasteiger partial charge in [-0.3, -0.25) is 0 Å². The SMILES string of the molecule is CC(C)CNCc1cc(Br)ccc1N(C)C1CCC1. The summed E-state index contributed by atoms with van der Waals surface area (Å²) in [6.07, 6.45) is 4.06. The van der Waals surface area contributed by atoms with Crippen LogP contribution in [0.3, 0.4) is 0 Å². The Morgan fingerprint density at radius 2 is 2.11 bits per heavy atom. The Balaban J connectivity index is 2.07. The Labute approximate surface area is 125 Å². The maximum absolute atomic E-state index is 3.59. The van der Waals surface area contributed by atoms with E-state index in [1.54, 1.807) is 0 Å². The zero-order valence-electron chi connectivity index (χ0n) is 12.2. The minimum absolute atomic E-state index is 0.694. The third-order valence-electron chi connectivity index (χ3n) is 3.91. The van der Waals surface area contributed by atoms with Crippen LogP contribution in [0, 0.1) is 5.92 Å². The number of anilines is 1. The molecule has 0 bridgehead atoms. The molecular formula is C16H25BrN2. The highest BCUT2D eigenvalue weighted by molar-refractivity contribution is 9.10. The third kappa shape index (κ3) is 3.96. The van der Waals surface area contributed by atoms with E-state index in [9.17, 15) is 0 Å². The summed E-state index contributed by atoms with van der Waals surface area (Å²) < 4.78 is 1.17. The van der Waals surface area contributed by atoms with Crippen molar-refractivity contribution in [2.24, 2.45) is 5.92 Å². The van der Waals surface area contributed by atoms with Gasteiger partial charge in [0, 0.05) is 29.8 Å². The highest BCUT2D eigenvalue weighted by Gasteiger charge is 2.23. The molecule has 19 heavy (non-hydrogen) atoms. The van der Waals surface area contributed by atoms with Gasteiger partial charge in [0.1, 0.15) is 0 Å². The van der Waals surface area contributed by atoms with Gasteiger partial charge in [-0.25, -0.2) is 0 Å². The van der Waals surface area contributed by atoms with Gasteiger partial charge in [0.15, 0.2) is 0 Å². The average Bonchev–Trinajstić information content (AvgIpc) is 2.26. The van der Waals surface area contributed by atoms with Crippen LogP contribution in [0.4, 0.5) is 5.69 Å². The van der Waals surface area contributed by atoms with Crippen LogP contribution in [-0.2, 0) is 6.54 Å². The van der Waals surface area contributed by atoms with Crippen LogP contribution in [0.15, 0.2) is 22.7 Å². The van der Waals surface area contributed by atoms with Crippen molar-refractivity contribution in [2.45, 2.75) is 45.7 Å². The lowest BCUT2D eigenvalue weighted by atomic mass is 9.91. The second-order valence-electron chi connectivity index (χ2n) is 5.99. The van der Waals surface area contributed by atoms with Gasteiger partial charge in [-0.15, -0.1) is 0 Å². The lowest BCUT2D eigenvalue weighted by molar-refractivity contribution is 0.400. The minimum Gasteiger partial charge on any atom is -0.371 e. The van der Waals surface area contributed by atoms with Crippen LogP contribution in [0.25, 0.3) is 0 Å². The van der Waals surface area contributed by atoms with E-state index in [4.69, 9.17) is 0 Å². The molecule has 1 aliphatic carbocycles. The van der Waals surface area contributed by atoms with Gasteiger partial charge in [-0.1, -0.05) is 29.8 Å². The van der Waals surface area contributed by atoms with E-state index in [0.29, 0.717) is 5.92 Å². The Morgan fingerprint density at radius 1 is 1.37 bits per heavy atom. The number of hydrogen-bond acceptors (Lipinski definition) is 2. The number of halogens is 1. The van der Waals surface area contributed by atoms with E-state index in [2.05, 4.69) is 65.2 Å². The predicted molar refractivity (Wildman–Crippen MR) is 86.7 cm³/mol. The van der Waals surface area contributed by atoms with Crippen LogP contribution >= 0.6 is 15.9 Å². The van der Waals surface area contributed by atoms with Crippen molar-refractivity contribution in [1.29, 1.82) is 0 Å². The van der Waals surface area contributed by atoms with Crippen molar-refractivity contribution in [3.63, 3.8) is 0 Å². The maximum Gasteiger partial charge on any atom is 0.0412 e. The van der Waals surface area contributed by atoms with Crippen LogP contribution in [0.2, 0.25) is 0 Å². The topological polar surface area (TPSA) is 15.3 Å². The Kier molecular flexibility index (Phi) is 5.28. The van der Waals surface area contributed by atoms with Crippen molar-refractivity contribution in [1.82, 2.24) is 5.32 Å². The zero-order valence-corrected chi connectivity index (χ0v) is 13.8. The van der Waals surface area contributed by atoms with Crippen molar-refractivity contribution in [3.05, 3.63) is 28.2 Å². The molecule has 2 nitrogen and oxygen atoms in total. The van der Waals surface area contributed by atoms with Gasteiger partial charge in [0.2, 0.25) is 0 Å². The van der Waals surface area contributed by atoms with Gasteiger partial charge < -0.3 is 10.2 Å². The van der Waals surface area contributed by atoms with Gasteiger partial charge in [0.25, 0.3) is 0 Å². The fraction of sp³-hybridized carbons (Fsp3) is 0.625. The normalized spacial score (nSPS) is 15.6. The Bertz CT molecular complexity index is 413. The first-order chi connectivity index (χ1) is 9.08. The Hall–Kier alpha value is -0.540. The zero-order chi connectivity index (χ0) is 13.8. The first-order valence-corrected chi connectivity index (χ1v) is 8.09. The maximum atomic E-state index is 3.59. The summed E-state index contributed by atoms with van der Waals surface area (Å²) in [6.45, 7) is 6.51. The average molecular weight is 325 g/mol. The van der Waals surface area contributed by atoms with Crippen molar-refractivity contribution in [3.8, 4) is 0 Å². The lowest BCUT2D eigenvalue weighted by Crippen LogP contribution is -2.38. The first-order valence-electron chi connectivity index (χ1n) is 7.30. The van der Waals surface area contributed by atoms with E-state index in [1.807, 2.05) is 0 Å². The summed E-state index contributed by atoms with van der Waals surface area (Å²) >= 11 is 3.59. The van der Waals surface area contributed by atoms with Crippen LogP contribution in [0.1, 0.15) is 38.7 Å². The molecule has 1 N–H and O–H groups in total. The number of nitrogens with zero attached hydrogens (tertiary/aromatic N) is 1. The molecule has 0 aliphatic heterocycles. The van der Waals surface area contributed by atoms with Gasteiger partial charge >= 0.3 is 0 Å². The first kappa shape index (κ1) is 14.9. The molecule has 0 amide bonds. The van der Waals surface area contributed by atoms with E-state index in [0.717, 1.165) is 19.1 Å². The molecule has 1 aromatic rings. The molecule has 0 spiro atoms. The molecule has 2 rings (SSSR count). The quantitative estimate of drug-likeness (QED) is 0.844. The van der Waals surface area contributed by atoms with Gasteiger partial charge in [0.05, 0.1) is 0 Å². The standard InChI is InChI=1S/C16H25BrN2/c1-12(2)10-18-11-13-9-14(17)7-8-16(13)19(3)15-5-4-6-15/h7-9,12,15,18H,4-6,10-11H2,1-3H3. The van der Waals surface area contributed by atoms with Crippen molar-refractivity contribution in [2.75, 3.05) is 18.5 Å². The molecule has 106 valence electrons. The lowest BCUT2D eigenvalue weighted by Gasteiger charge is -2.37. The fourth-order valence-electron chi connectivity index (χ4n) is 2.51. The van der Waals surface area contributed by atoms with E-state index in [1.165, 1.54) is 35.0 Å². The largest absolute Gasteiger partial charge is 0.371 e. The molecule has 0 radical (unpaired) electrons. The second-order valence-corrected chi connectivity index (χ2v) is 6.91. The molecule has 1 fully saturated rings. The summed E-state index contributed by atoms with van der Waals surface area (Å²) in [5.74, 6) is 0.694. The number of hydrogen-bond donors (Lipinski definition) is 1.